The predicted octanol–water partition coefficient (Wildman–Crippen LogP) is 3.45. The topological polar surface area (TPSA) is 57.5 Å². The van der Waals surface area contributed by atoms with Gasteiger partial charge in [-0.1, -0.05) is 38.1 Å². The lowest BCUT2D eigenvalue weighted by molar-refractivity contribution is 0.103. The lowest BCUT2D eigenvalue weighted by Gasteiger charge is -2.07. The van der Waals surface area contributed by atoms with Crippen molar-refractivity contribution in [3.63, 3.8) is 0 Å². The zero-order valence-electron chi connectivity index (χ0n) is 10.9. The van der Waals surface area contributed by atoms with Crippen LogP contribution in [0, 0.1) is 0 Å². The van der Waals surface area contributed by atoms with Crippen molar-refractivity contribution in [1.82, 2.24) is 0 Å². The Hall–Kier alpha value is -2.29. The molecule has 98 valence electrons. The molecule has 2 aromatic rings. The van der Waals surface area contributed by atoms with Crippen LogP contribution in [0.15, 0.2) is 42.5 Å². The fraction of sp³-hybridized carbons (Fsp3) is 0.188. The van der Waals surface area contributed by atoms with E-state index in [1.165, 1.54) is 23.8 Å². The second kappa shape index (κ2) is 5.14. The van der Waals surface area contributed by atoms with E-state index in [0.717, 1.165) is 0 Å². The van der Waals surface area contributed by atoms with Gasteiger partial charge in [-0.25, -0.2) is 0 Å². The predicted molar refractivity (Wildman–Crippen MR) is 73.7 cm³/mol. The van der Waals surface area contributed by atoms with Crippen LogP contribution in [0.3, 0.4) is 0 Å². The molecule has 0 fully saturated rings. The SMILES string of the molecule is CC(C)c1ccc(C(=O)c2ccc(O)c(O)c2)cc1. The Bertz CT molecular complexity index is 598. The van der Waals surface area contributed by atoms with Crippen molar-refractivity contribution < 1.29 is 15.0 Å². The Morgan fingerprint density at radius 2 is 1.47 bits per heavy atom. The summed E-state index contributed by atoms with van der Waals surface area (Å²) >= 11 is 0. The third kappa shape index (κ3) is 2.76. The monoisotopic (exact) mass is 256 g/mol. The maximum absolute atomic E-state index is 12.2. The largest absolute Gasteiger partial charge is 0.504 e. The van der Waals surface area contributed by atoms with Crippen molar-refractivity contribution in [2.45, 2.75) is 19.8 Å². The van der Waals surface area contributed by atoms with E-state index in [0.29, 0.717) is 17.0 Å². The second-order valence-electron chi connectivity index (χ2n) is 4.81. The molecule has 2 rings (SSSR count). The summed E-state index contributed by atoms with van der Waals surface area (Å²) in [6, 6.07) is 11.5. The third-order valence-electron chi connectivity index (χ3n) is 3.08. The summed E-state index contributed by atoms with van der Waals surface area (Å²) in [5.74, 6) is -0.274. The minimum atomic E-state index is -0.287. The van der Waals surface area contributed by atoms with Crippen molar-refractivity contribution in [3.8, 4) is 11.5 Å². The molecular formula is C16H16O3. The van der Waals surface area contributed by atoms with Crippen LogP contribution in [0.2, 0.25) is 0 Å². The molecule has 0 atom stereocenters. The molecule has 0 unspecified atom stereocenters. The van der Waals surface area contributed by atoms with E-state index >= 15 is 0 Å². The molecule has 19 heavy (non-hydrogen) atoms. The summed E-state index contributed by atoms with van der Waals surface area (Å²) in [5.41, 5.74) is 2.09. The van der Waals surface area contributed by atoms with Crippen LogP contribution in [-0.2, 0) is 0 Å². The fourth-order valence-corrected chi connectivity index (χ4v) is 1.85. The van der Waals surface area contributed by atoms with Crippen molar-refractivity contribution in [2.24, 2.45) is 0 Å². The Balaban J connectivity index is 2.30. The third-order valence-corrected chi connectivity index (χ3v) is 3.08. The molecule has 0 bridgehead atoms. The average Bonchev–Trinajstić information content (AvgIpc) is 2.41. The maximum atomic E-state index is 12.2. The van der Waals surface area contributed by atoms with E-state index in [4.69, 9.17) is 0 Å². The van der Waals surface area contributed by atoms with Crippen molar-refractivity contribution in [3.05, 3.63) is 59.2 Å². The Morgan fingerprint density at radius 3 is 2.00 bits per heavy atom. The van der Waals surface area contributed by atoms with Crippen molar-refractivity contribution >= 4 is 5.78 Å². The molecule has 0 aliphatic carbocycles. The first kappa shape index (κ1) is 13.1. The average molecular weight is 256 g/mol. The Kier molecular flexibility index (Phi) is 3.56. The highest BCUT2D eigenvalue weighted by Crippen LogP contribution is 2.26. The van der Waals surface area contributed by atoms with Gasteiger partial charge in [-0.3, -0.25) is 4.79 Å². The van der Waals surface area contributed by atoms with Gasteiger partial charge in [0.25, 0.3) is 0 Å². The summed E-state index contributed by atoms with van der Waals surface area (Å²) in [6.45, 7) is 4.18. The highest BCUT2D eigenvalue weighted by atomic mass is 16.3. The molecule has 0 aliphatic heterocycles. The van der Waals surface area contributed by atoms with Crippen LogP contribution < -0.4 is 0 Å². The lowest BCUT2D eigenvalue weighted by Crippen LogP contribution is -2.01. The number of benzene rings is 2. The normalized spacial score (nSPS) is 10.7. The maximum Gasteiger partial charge on any atom is 0.193 e. The molecule has 0 saturated heterocycles. The van der Waals surface area contributed by atoms with E-state index < -0.39 is 0 Å². The number of aromatic hydroxyl groups is 2. The molecule has 2 N–H and O–H groups in total. The molecule has 3 heteroatoms. The number of ketones is 1. The standard InChI is InChI=1S/C16H16O3/c1-10(2)11-3-5-12(6-4-11)16(19)13-7-8-14(17)15(18)9-13/h3-10,17-18H,1-2H3. The Labute approximate surface area is 112 Å². The molecule has 0 aliphatic rings. The van der Waals surface area contributed by atoms with Gasteiger partial charge in [0.05, 0.1) is 0 Å². The van der Waals surface area contributed by atoms with Crippen molar-refractivity contribution in [1.29, 1.82) is 0 Å². The van der Waals surface area contributed by atoms with Crippen LogP contribution in [-0.4, -0.2) is 16.0 Å². The number of hydrogen-bond acceptors (Lipinski definition) is 3. The summed E-state index contributed by atoms with van der Waals surface area (Å²) in [4.78, 5) is 12.2. The molecule has 0 heterocycles. The number of phenols is 2. The number of phenolic OH excluding ortho intramolecular Hbond substituents is 2. The summed E-state index contributed by atoms with van der Waals surface area (Å²) in [5, 5.41) is 18.6. The van der Waals surface area contributed by atoms with Crippen LogP contribution in [0.1, 0.15) is 41.3 Å². The highest BCUT2D eigenvalue weighted by Gasteiger charge is 2.11. The fourth-order valence-electron chi connectivity index (χ4n) is 1.85. The van der Waals surface area contributed by atoms with Gasteiger partial charge < -0.3 is 10.2 Å². The van der Waals surface area contributed by atoms with E-state index in [2.05, 4.69) is 13.8 Å². The first-order valence-corrected chi connectivity index (χ1v) is 6.15. The number of rotatable bonds is 3. The minimum Gasteiger partial charge on any atom is -0.504 e. The summed E-state index contributed by atoms with van der Waals surface area (Å²) in [7, 11) is 0. The van der Waals surface area contributed by atoms with Crippen molar-refractivity contribution in [2.75, 3.05) is 0 Å². The molecule has 0 saturated carbocycles. The van der Waals surface area contributed by atoms with Crippen LogP contribution >= 0.6 is 0 Å². The quantitative estimate of drug-likeness (QED) is 0.653. The molecule has 0 aromatic heterocycles. The molecule has 0 radical (unpaired) electrons. The van der Waals surface area contributed by atoms with Gasteiger partial charge in [0.1, 0.15) is 0 Å². The smallest absolute Gasteiger partial charge is 0.193 e. The van der Waals surface area contributed by atoms with E-state index in [1.807, 2.05) is 12.1 Å². The van der Waals surface area contributed by atoms with Gasteiger partial charge in [0, 0.05) is 11.1 Å². The van der Waals surface area contributed by atoms with E-state index in [1.54, 1.807) is 12.1 Å². The van der Waals surface area contributed by atoms with Gasteiger partial charge in [-0.05, 0) is 29.7 Å². The van der Waals surface area contributed by atoms with Gasteiger partial charge in [-0.2, -0.15) is 0 Å². The van der Waals surface area contributed by atoms with Crippen LogP contribution in [0.4, 0.5) is 0 Å². The van der Waals surface area contributed by atoms with E-state index in [-0.39, 0.29) is 17.3 Å². The number of hydrogen-bond donors (Lipinski definition) is 2. The zero-order valence-corrected chi connectivity index (χ0v) is 10.9. The van der Waals surface area contributed by atoms with E-state index in [9.17, 15) is 15.0 Å². The zero-order chi connectivity index (χ0) is 14.0. The molecule has 0 spiro atoms. The van der Waals surface area contributed by atoms with Gasteiger partial charge in [0.2, 0.25) is 0 Å². The van der Waals surface area contributed by atoms with Crippen LogP contribution in [0.25, 0.3) is 0 Å². The summed E-state index contributed by atoms with van der Waals surface area (Å²) in [6.07, 6.45) is 0. The Morgan fingerprint density at radius 1 is 0.895 bits per heavy atom. The first-order chi connectivity index (χ1) is 8.99. The number of carbonyl (C=O) groups excluding carboxylic acids is 1. The molecule has 2 aromatic carbocycles. The molecule has 0 amide bonds. The first-order valence-electron chi connectivity index (χ1n) is 6.15. The molecular weight excluding hydrogens is 240 g/mol. The van der Waals surface area contributed by atoms with Gasteiger partial charge in [0.15, 0.2) is 17.3 Å². The second-order valence-corrected chi connectivity index (χ2v) is 4.81. The van der Waals surface area contributed by atoms with Gasteiger partial charge in [-0.15, -0.1) is 0 Å². The van der Waals surface area contributed by atoms with Crippen LogP contribution in [0.5, 0.6) is 11.5 Å². The lowest BCUT2D eigenvalue weighted by atomic mass is 9.98. The minimum absolute atomic E-state index is 0.175. The summed E-state index contributed by atoms with van der Waals surface area (Å²) < 4.78 is 0. The molecule has 3 nitrogen and oxygen atoms in total. The highest BCUT2D eigenvalue weighted by molar-refractivity contribution is 6.09. The number of carbonyl (C=O) groups is 1. The van der Waals surface area contributed by atoms with Gasteiger partial charge >= 0.3 is 0 Å².